The van der Waals surface area contributed by atoms with Crippen LogP contribution < -0.4 is 0 Å². The Kier molecular flexibility index (Phi) is 3.61. The molecule has 1 aliphatic carbocycles. The van der Waals surface area contributed by atoms with E-state index in [0.717, 1.165) is 11.9 Å². The fourth-order valence-corrected chi connectivity index (χ4v) is 2.91. The monoisotopic (exact) mass is 295 g/mol. The van der Waals surface area contributed by atoms with Gasteiger partial charge in [-0.15, -0.1) is 0 Å². The molecule has 0 unspecified atom stereocenters. The van der Waals surface area contributed by atoms with Crippen molar-refractivity contribution in [1.29, 1.82) is 0 Å². The first-order valence-corrected chi connectivity index (χ1v) is 7.89. The van der Waals surface area contributed by atoms with Crippen LogP contribution in [0.5, 0.6) is 0 Å². The molecule has 5 rings (SSSR count). The fraction of sp³-hybridized carbons (Fsp3) is 0.0455. The third kappa shape index (κ3) is 2.86. The molecule has 0 fully saturated rings. The van der Waals surface area contributed by atoms with Crippen molar-refractivity contribution in [2.24, 2.45) is 0 Å². The van der Waals surface area contributed by atoms with E-state index in [2.05, 4.69) is 83.9 Å². The lowest BCUT2D eigenvalue weighted by Gasteiger charge is -2.04. The average Bonchev–Trinajstić information content (AvgIpc) is 3.18. The molecule has 0 N–H and O–H groups in total. The van der Waals surface area contributed by atoms with Crippen molar-refractivity contribution < 1.29 is 0 Å². The largest absolute Gasteiger partial charge is 0.256 e. The lowest BCUT2D eigenvalue weighted by Crippen LogP contribution is -1.80. The van der Waals surface area contributed by atoms with Crippen molar-refractivity contribution in [3.63, 3.8) is 0 Å². The fourth-order valence-electron chi connectivity index (χ4n) is 2.91. The van der Waals surface area contributed by atoms with Crippen LogP contribution in [0.2, 0.25) is 0 Å². The molecule has 0 saturated carbocycles. The summed E-state index contributed by atoms with van der Waals surface area (Å²) in [5.74, 6) is 0. The number of pyridine rings is 1. The Hall–Kier alpha value is -2.93. The van der Waals surface area contributed by atoms with Crippen molar-refractivity contribution in [3.05, 3.63) is 91.2 Å². The molecule has 0 spiro atoms. The van der Waals surface area contributed by atoms with Crippen molar-refractivity contribution in [3.8, 4) is 0 Å². The van der Waals surface area contributed by atoms with E-state index in [0.29, 0.717) is 0 Å². The Morgan fingerprint density at radius 1 is 0.609 bits per heavy atom. The van der Waals surface area contributed by atoms with Gasteiger partial charge < -0.3 is 0 Å². The Bertz CT molecular complexity index is 887. The normalized spacial score (nSPS) is 12.7. The molecule has 0 amide bonds. The zero-order valence-electron chi connectivity index (χ0n) is 12.8. The van der Waals surface area contributed by atoms with E-state index < -0.39 is 0 Å². The highest BCUT2D eigenvalue weighted by molar-refractivity contribution is 6.03. The van der Waals surface area contributed by atoms with Gasteiger partial charge in [0.15, 0.2) is 0 Å². The summed E-state index contributed by atoms with van der Waals surface area (Å²) in [4.78, 5) is 4.41. The molecule has 110 valence electrons. The summed E-state index contributed by atoms with van der Waals surface area (Å²) in [6.45, 7) is 0. The topological polar surface area (TPSA) is 12.9 Å². The van der Waals surface area contributed by atoms with Gasteiger partial charge in [0.1, 0.15) is 0 Å². The van der Waals surface area contributed by atoms with Crippen LogP contribution in [-0.2, 0) is 0 Å². The lowest BCUT2D eigenvalue weighted by molar-refractivity contribution is 1.42. The van der Waals surface area contributed by atoms with Gasteiger partial charge in [-0.25, -0.2) is 0 Å². The maximum Gasteiger partial charge on any atom is 0.0708 e. The molecule has 0 aliphatic heterocycles. The zero-order valence-corrected chi connectivity index (χ0v) is 12.8. The summed E-state index contributed by atoms with van der Waals surface area (Å²) in [6, 6.07) is 21.4. The quantitative estimate of drug-likeness (QED) is 0.360. The number of hydrogen-bond acceptors (Lipinski definition) is 1. The molecule has 1 heteroatoms. The molecular formula is C22H17N. The van der Waals surface area contributed by atoms with E-state index in [1.807, 2.05) is 12.3 Å². The predicted molar refractivity (Wildman–Crippen MR) is 99.7 cm³/mol. The van der Waals surface area contributed by atoms with Gasteiger partial charge in [-0.05, 0) is 58.3 Å². The van der Waals surface area contributed by atoms with Crippen molar-refractivity contribution in [2.45, 2.75) is 6.42 Å². The van der Waals surface area contributed by atoms with Crippen LogP contribution in [0.15, 0.2) is 91.2 Å². The third-order valence-corrected chi connectivity index (χ3v) is 4.08. The van der Waals surface area contributed by atoms with Gasteiger partial charge >= 0.3 is 0 Å². The second-order valence-corrected chi connectivity index (χ2v) is 5.69. The molecule has 1 aromatic heterocycles. The van der Waals surface area contributed by atoms with E-state index in [1.54, 1.807) is 0 Å². The molecule has 1 aliphatic rings. The first kappa shape index (κ1) is 13.7. The SMILES string of the molecule is C1=CCC=C1.c1ccc2cc3cc4ncccc4cc3cc2c1. The number of aromatic nitrogens is 1. The highest BCUT2D eigenvalue weighted by atomic mass is 14.6. The molecule has 1 nitrogen and oxygen atoms in total. The molecule has 0 atom stereocenters. The average molecular weight is 295 g/mol. The Morgan fingerprint density at radius 3 is 1.87 bits per heavy atom. The van der Waals surface area contributed by atoms with Crippen LogP contribution in [0, 0.1) is 0 Å². The molecule has 1 heterocycles. The summed E-state index contributed by atoms with van der Waals surface area (Å²) in [6.07, 6.45) is 11.3. The van der Waals surface area contributed by atoms with Crippen molar-refractivity contribution >= 4 is 32.4 Å². The Morgan fingerprint density at radius 2 is 1.22 bits per heavy atom. The summed E-state index contributed by atoms with van der Waals surface area (Å²) in [5, 5.41) is 6.28. The van der Waals surface area contributed by atoms with Crippen LogP contribution in [0.1, 0.15) is 6.42 Å². The number of rotatable bonds is 0. The molecule has 0 radical (unpaired) electrons. The molecule has 0 bridgehead atoms. The molecule has 23 heavy (non-hydrogen) atoms. The van der Waals surface area contributed by atoms with Gasteiger partial charge in [0, 0.05) is 11.6 Å². The minimum absolute atomic E-state index is 1.06. The van der Waals surface area contributed by atoms with E-state index in [9.17, 15) is 0 Å². The second kappa shape index (κ2) is 6.05. The second-order valence-electron chi connectivity index (χ2n) is 5.69. The van der Waals surface area contributed by atoms with Crippen LogP contribution in [0.4, 0.5) is 0 Å². The minimum Gasteiger partial charge on any atom is -0.256 e. The van der Waals surface area contributed by atoms with E-state index in [1.165, 1.54) is 26.9 Å². The predicted octanol–water partition coefficient (Wildman–Crippen LogP) is 6.04. The number of fused-ring (bicyclic) bond motifs is 3. The summed E-state index contributed by atoms with van der Waals surface area (Å²) >= 11 is 0. The highest BCUT2D eigenvalue weighted by Gasteiger charge is 2.00. The Balaban J connectivity index is 0.000000233. The first-order valence-electron chi connectivity index (χ1n) is 7.89. The number of nitrogens with zero attached hydrogens (tertiary/aromatic N) is 1. The summed E-state index contributed by atoms with van der Waals surface area (Å²) in [7, 11) is 0. The van der Waals surface area contributed by atoms with Crippen LogP contribution in [0.25, 0.3) is 32.4 Å². The maximum atomic E-state index is 4.41. The van der Waals surface area contributed by atoms with E-state index in [-0.39, 0.29) is 0 Å². The maximum absolute atomic E-state index is 4.41. The highest BCUT2D eigenvalue weighted by Crippen LogP contribution is 2.26. The smallest absolute Gasteiger partial charge is 0.0708 e. The number of hydrogen-bond donors (Lipinski definition) is 0. The van der Waals surface area contributed by atoms with Gasteiger partial charge in [-0.3, -0.25) is 4.98 Å². The van der Waals surface area contributed by atoms with Gasteiger partial charge in [-0.1, -0.05) is 54.6 Å². The van der Waals surface area contributed by atoms with E-state index >= 15 is 0 Å². The van der Waals surface area contributed by atoms with Gasteiger partial charge in [-0.2, -0.15) is 0 Å². The van der Waals surface area contributed by atoms with Gasteiger partial charge in [0.25, 0.3) is 0 Å². The van der Waals surface area contributed by atoms with Crippen molar-refractivity contribution in [1.82, 2.24) is 4.98 Å². The molecule has 0 saturated heterocycles. The molecular weight excluding hydrogens is 278 g/mol. The van der Waals surface area contributed by atoms with Gasteiger partial charge in [0.05, 0.1) is 5.52 Å². The lowest BCUT2D eigenvalue weighted by atomic mass is 10.0. The number of benzene rings is 3. The van der Waals surface area contributed by atoms with Crippen molar-refractivity contribution in [2.75, 3.05) is 0 Å². The minimum atomic E-state index is 1.06. The molecule has 3 aromatic carbocycles. The molecule has 4 aromatic rings. The zero-order chi connectivity index (χ0) is 15.5. The third-order valence-electron chi connectivity index (χ3n) is 4.08. The van der Waals surface area contributed by atoms with Crippen LogP contribution in [-0.4, -0.2) is 4.98 Å². The Labute approximate surface area is 135 Å². The van der Waals surface area contributed by atoms with Gasteiger partial charge in [0.2, 0.25) is 0 Å². The standard InChI is InChI=1S/C17H11N.C5H6/c1-2-5-13-9-16-11-17-14(6-3-7-18-17)10-15(16)8-12(13)4-1;1-2-4-5-3-1/h1-11H;1-4H,5H2. The van der Waals surface area contributed by atoms with Crippen LogP contribution in [0.3, 0.4) is 0 Å². The summed E-state index contributed by atoms with van der Waals surface area (Å²) in [5.41, 5.74) is 1.06. The van der Waals surface area contributed by atoms with E-state index in [4.69, 9.17) is 0 Å². The summed E-state index contributed by atoms with van der Waals surface area (Å²) < 4.78 is 0. The first-order chi connectivity index (χ1) is 11.4. The van der Waals surface area contributed by atoms with Crippen LogP contribution >= 0.6 is 0 Å². The number of allylic oxidation sites excluding steroid dienone is 4.